The molecule has 4 nitrogen and oxygen atoms in total. The fourth-order valence-corrected chi connectivity index (χ4v) is 7.81. The van der Waals surface area contributed by atoms with E-state index in [9.17, 15) is 8.42 Å². The molecule has 0 aliphatic carbocycles. The first-order chi connectivity index (χ1) is 8.57. The topological polar surface area (TPSA) is 81.7 Å². The van der Waals surface area contributed by atoms with Crippen LogP contribution in [0.5, 0.6) is 0 Å². The van der Waals surface area contributed by atoms with Crippen molar-refractivity contribution in [3.63, 3.8) is 0 Å². The predicted octanol–water partition coefficient (Wildman–Crippen LogP) is -1.68. The fourth-order valence-electron chi connectivity index (χ4n) is 1.95. The zero-order valence-corrected chi connectivity index (χ0v) is 12.4. The van der Waals surface area contributed by atoms with E-state index < -0.39 is 34.3 Å². The van der Waals surface area contributed by atoms with Gasteiger partial charge in [-0.2, -0.15) is 0 Å². The van der Waals surface area contributed by atoms with Crippen LogP contribution in [0, 0.1) is 22.7 Å². The van der Waals surface area contributed by atoms with E-state index in [2.05, 4.69) is 0 Å². The number of benzene rings is 1. The molecule has 0 saturated carbocycles. The van der Waals surface area contributed by atoms with Crippen molar-refractivity contribution in [1.29, 1.82) is 10.5 Å². The van der Waals surface area contributed by atoms with Crippen LogP contribution in [0.25, 0.3) is 5.57 Å². The van der Waals surface area contributed by atoms with E-state index in [0.717, 1.165) is 0 Å². The van der Waals surface area contributed by atoms with E-state index in [-0.39, 0.29) is 10.5 Å². The molecule has 1 aliphatic rings. The van der Waals surface area contributed by atoms with Crippen LogP contribution in [0.1, 0.15) is 5.56 Å². The minimum atomic E-state index is -3.42. The number of alkyl halides is 2. The van der Waals surface area contributed by atoms with Crippen LogP contribution in [0.2, 0.25) is 0 Å². The van der Waals surface area contributed by atoms with Gasteiger partial charge in [-0.1, -0.05) is 0 Å². The Hall–Kier alpha value is -1.38. The third kappa shape index (κ3) is 1.73. The SMILES string of the molecule is C[I-]C1C(=C(C#N)C#N)c2ccccc2S1(=O)=O. The Morgan fingerprint density at radius 3 is 2.44 bits per heavy atom. The molecule has 2 rings (SSSR count). The monoisotopic (exact) mass is 371 g/mol. The summed E-state index contributed by atoms with van der Waals surface area (Å²) in [7, 11) is -3.42. The molecule has 1 atom stereocenters. The molecule has 0 radical (unpaired) electrons. The first-order valence-electron chi connectivity index (χ1n) is 4.93. The molecule has 0 amide bonds. The molecular formula is C12H8IN2O2S-. The van der Waals surface area contributed by atoms with E-state index in [1.165, 1.54) is 6.07 Å². The van der Waals surface area contributed by atoms with Crippen LogP contribution in [0.3, 0.4) is 0 Å². The van der Waals surface area contributed by atoms with Crippen molar-refractivity contribution in [3.8, 4) is 12.1 Å². The van der Waals surface area contributed by atoms with Gasteiger partial charge in [-0.25, -0.2) is 0 Å². The molecule has 6 heteroatoms. The Balaban J connectivity index is 2.90. The Morgan fingerprint density at radius 2 is 1.89 bits per heavy atom. The molecule has 1 heterocycles. The van der Waals surface area contributed by atoms with Gasteiger partial charge in [-0.05, 0) is 0 Å². The summed E-state index contributed by atoms with van der Waals surface area (Å²) in [4.78, 5) is 2.09. The van der Waals surface area contributed by atoms with Crippen LogP contribution in [0.15, 0.2) is 34.7 Å². The van der Waals surface area contributed by atoms with Gasteiger partial charge < -0.3 is 0 Å². The molecule has 1 aromatic carbocycles. The van der Waals surface area contributed by atoms with E-state index in [4.69, 9.17) is 10.5 Å². The number of nitrogens with zero attached hydrogens (tertiary/aromatic N) is 2. The van der Waals surface area contributed by atoms with Gasteiger partial charge >= 0.3 is 116 Å². The number of halogens is 1. The van der Waals surface area contributed by atoms with Gasteiger partial charge in [0.2, 0.25) is 0 Å². The molecule has 1 aliphatic heterocycles. The summed E-state index contributed by atoms with van der Waals surface area (Å²) in [6.07, 6.45) is 0. The maximum absolute atomic E-state index is 12.3. The van der Waals surface area contributed by atoms with Crippen molar-refractivity contribution in [2.24, 2.45) is 0 Å². The first-order valence-corrected chi connectivity index (χ1v) is 9.88. The van der Waals surface area contributed by atoms with Crippen LogP contribution < -0.4 is 21.2 Å². The number of rotatable bonds is 1. The van der Waals surface area contributed by atoms with Crippen molar-refractivity contribution in [3.05, 3.63) is 35.4 Å². The number of nitriles is 2. The Labute approximate surface area is 116 Å². The van der Waals surface area contributed by atoms with Gasteiger partial charge in [0.25, 0.3) is 0 Å². The molecule has 92 valence electrons. The standard InChI is InChI=1S/C12H8IN2O2S/c1-13-12-11(8(6-14)7-15)9-4-2-3-5-10(9)18(12,16)17/h2-5,12H,1H3/q-1. The predicted molar refractivity (Wildman–Crippen MR) is 61.5 cm³/mol. The summed E-state index contributed by atoms with van der Waals surface area (Å²) >= 11 is -0.668. The summed E-state index contributed by atoms with van der Waals surface area (Å²) < 4.78 is 24.0. The van der Waals surface area contributed by atoms with Crippen LogP contribution >= 0.6 is 0 Å². The second kappa shape index (κ2) is 4.71. The molecule has 18 heavy (non-hydrogen) atoms. The zero-order valence-electron chi connectivity index (χ0n) is 9.38. The van der Waals surface area contributed by atoms with Crippen LogP contribution in [-0.4, -0.2) is 16.6 Å². The number of allylic oxidation sites excluding steroid dienone is 1. The summed E-state index contributed by atoms with van der Waals surface area (Å²) in [6.45, 7) is 0. The fraction of sp³-hybridized carbons (Fsp3) is 0.167. The van der Waals surface area contributed by atoms with E-state index >= 15 is 0 Å². The van der Waals surface area contributed by atoms with Gasteiger partial charge in [0.05, 0.1) is 0 Å². The summed E-state index contributed by atoms with van der Waals surface area (Å²) in [5.74, 6) is 0. The molecule has 0 aromatic heterocycles. The number of sulfone groups is 1. The first kappa shape index (κ1) is 13.1. The Morgan fingerprint density at radius 1 is 1.28 bits per heavy atom. The van der Waals surface area contributed by atoms with Crippen molar-refractivity contribution < 1.29 is 29.6 Å². The van der Waals surface area contributed by atoms with Gasteiger partial charge in [-0.15, -0.1) is 0 Å². The molecule has 1 unspecified atom stereocenters. The average Bonchev–Trinajstić information content (AvgIpc) is 2.60. The molecule has 0 fully saturated rings. The summed E-state index contributed by atoms with van der Waals surface area (Å²) in [6, 6.07) is 10.2. The summed E-state index contributed by atoms with van der Waals surface area (Å²) in [5.41, 5.74) is 0.822. The number of hydrogen-bond acceptors (Lipinski definition) is 4. The molecule has 0 spiro atoms. The summed E-state index contributed by atoms with van der Waals surface area (Å²) in [5, 5.41) is 18.0. The molecule has 1 aromatic rings. The molecule has 0 N–H and O–H groups in total. The third-order valence-electron chi connectivity index (χ3n) is 2.67. The molecule has 0 saturated heterocycles. The van der Waals surface area contributed by atoms with Crippen molar-refractivity contribution in [1.82, 2.24) is 0 Å². The number of hydrogen-bond donors (Lipinski definition) is 0. The quantitative estimate of drug-likeness (QED) is 0.336. The van der Waals surface area contributed by atoms with E-state index in [0.29, 0.717) is 11.1 Å². The van der Waals surface area contributed by atoms with Crippen molar-refractivity contribution in [2.75, 3.05) is 4.93 Å². The van der Waals surface area contributed by atoms with E-state index in [1.807, 2.05) is 17.1 Å². The van der Waals surface area contributed by atoms with Crippen molar-refractivity contribution >= 4 is 15.4 Å². The van der Waals surface area contributed by atoms with Crippen LogP contribution in [-0.2, 0) is 9.84 Å². The zero-order chi connectivity index (χ0) is 13.3. The van der Waals surface area contributed by atoms with Gasteiger partial charge in [0.15, 0.2) is 0 Å². The van der Waals surface area contributed by atoms with Crippen LogP contribution in [0.4, 0.5) is 0 Å². The third-order valence-corrected chi connectivity index (χ3v) is 9.38. The second-order valence-electron chi connectivity index (χ2n) is 3.59. The minimum absolute atomic E-state index is 0.0879. The Kier molecular flexibility index (Phi) is 3.42. The van der Waals surface area contributed by atoms with Gasteiger partial charge in [0, 0.05) is 0 Å². The normalized spacial score (nSPS) is 19.9. The van der Waals surface area contributed by atoms with Gasteiger partial charge in [-0.3, -0.25) is 0 Å². The average molecular weight is 371 g/mol. The van der Waals surface area contributed by atoms with E-state index in [1.54, 1.807) is 18.2 Å². The van der Waals surface area contributed by atoms with Gasteiger partial charge in [0.1, 0.15) is 0 Å². The molecular weight excluding hydrogens is 363 g/mol. The second-order valence-corrected chi connectivity index (χ2v) is 8.93. The van der Waals surface area contributed by atoms with Crippen molar-refractivity contribution in [2.45, 2.75) is 8.15 Å². The maximum atomic E-state index is 12.3. The number of fused-ring (bicyclic) bond motifs is 1. The Bertz CT molecular complexity index is 707. The molecule has 0 bridgehead atoms.